The fourth-order valence-corrected chi connectivity index (χ4v) is 2.89. The molecular formula is C18H27N3O2. The van der Waals surface area contributed by atoms with Crippen molar-refractivity contribution in [2.75, 3.05) is 39.3 Å². The molecule has 1 aromatic rings. The first kappa shape index (κ1) is 17.5. The van der Waals surface area contributed by atoms with Crippen LogP contribution in [0.1, 0.15) is 24.5 Å². The SMILES string of the molecule is CCNC(=O)CN1CCN(C(=O)CCc2cccc(C)c2)CC1. The lowest BCUT2D eigenvalue weighted by Crippen LogP contribution is -2.51. The summed E-state index contributed by atoms with van der Waals surface area (Å²) in [6.07, 6.45) is 1.35. The lowest BCUT2D eigenvalue weighted by molar-refractivity contribution is -0.133. The summed E-state index contributed by atoms with van der Waals surface area (Å²) in [7, 11) is 0. The first-order valence-corrected chi connectivity index (χ1v) is 8.41. The number of rotatable bonds is 6. The normalized spacial score (nSPS) is 15.5. The number of piperazine rings is 1. The van der Waals surface area contributed by atoms with Gasteiger partial charge < -0.3 is 10.2 Å². The van der Waals surface area contributed by atoms with E-state index in [2.05, 4.69) is 35.3 Å². The number of likely N-dealkylation sites (N-methyl/N-ethyl adjacent to an activating group) is 1. The van der Waals surface area contributed by atoms with E-state index in [1.807, 2.05) is 17.9 Å². The molecule has 0 aliphatic carbocycles. The van der Waals surface area contributed by atoms with Gasteiger partial charge >= 0.3 is 0 Å². The van der Waals surface area contributed by atoms with Gasteiger partial charge in [0.2, 0.25) is 11.8 Å². The molecule has 0 radical (unpaired) electrons. The number of hydrogen-bond donors (Lipinski definition) is 1. The van der Waals surface area contributed by atoms with Crippen LogP contribution in [0.4, 0.5) is 0 Å². The van der Waals surface area contributed by atoms with Crippen LogP contribution in [0.2, 0.25) is 0 Å². The first-order valence-electron chi connectivity index (χ1n) is 8.41. The van der Waals surface area contributed by atoms with E-state index in [9.17, 15) is 9.59 Å². The van der Waals surface area contributed by atoms with Crippen LogP contribution < -0.4 is 5.32 Å². The first-order chi connectivity index (χ1) is 11.1. The van der Waals surface area contributed by atoms with Crippen LogP contribution in [-0.4, -0.2) is 60.9 Å². The molecule has 1 fully saturated rings. The minimum atomic E-state index is 0.0618. The molecule has 0 spiro atoms. The van der Waals surface area contributed by atoms with Gasteiger partial charge in [0, 0.05) is 39.1 Å². The van der Waals surface area contributed by atoms with E-state index in [1.54, 1.807) is 0 Å². The third kappa shape index (κ3) is 5.67. The van der Waals surface area contributed by atoms with Crippen LogP contribution in [0.25, 0.3) is 0 Å². The Balaban J connectivity index is 1.72. The van der Waals surface area contributed by atoms with E-state index >= 15 is 0 Å². The van der Waals surface area contributed by atoms with Crippen molar-refractivity contribution in [3.05, 3.63) is 35.4 Å². The van der Waals surface area contributed by atoms with Crippen LogP contribution >= 0.6 is 0 Å². The van der Waals surface area contributed by atoms with Crippen molar-refractivity contribution in [1.82, 2.24) is 15.1 Å². The lowest BCUT2D eigenvalue weighted by Gasteiger charge is -2.34. The van der Waals surface area contributed by atoms with Gasteiger partial charge in [0.25, 0.3) is 0 Å². The highest BCUT2D eigenvalue weighted by molar-refractivity contribution is 5.78. The van der Waals surface area contributed by atoms with Gasteiger partial charge in [-0.2, -0.15) is 0 Å². The Morgan fingerprint density at radius 2 is 1.91 bits per heavy atom. The fraction of sp³-hybridized carbons (Fsp3) is 0.556. The highest BCUT2D eigenvalue weighted by atomic mass is 16.2. The van der Waals surface area contributed by atoms with E-state index in [1.165, 1.54) is 11.1 Å². The monoisotopic (exact) mass is 317 g/mol. The molecule has 1 aliphatic rings. The van der Waals surface area contributed by atoms with Gasteiger partial charge in [0.1, 0.15) is 0 Å². The number of amides is 2. The molecule has 0 bridgehead atoms. The molecule has 0 atom stereocenters. The van der Waals surface area contributed by atoms with E-state index in [4.69, 9.17) is 0 Å². The Labute approximate surface area is 138 Å². The van der Waals surface area contributed by atoms with Crippen LogP contribution in [0.15, 0.2) is 24.3 Å². The number of carbonyl (C=O) groups is 2. The second-order valence-corrected chi connectivity index (χ2v) is 6.10. The second-order valence-electron chi connectivity index (χ2n) is 6.10. The Morgan fingerprint density at radius 1 is 1.17 bits per heavy atom. The van der Waals surface area contributed by atoms with E-state index in [0.29, 0.717) is 32.6 Å². The summed E-state index contributed by atoms with van der Waals surface area (Å²) in [6, 6.07) is 8.32. The third-order valence-corrected chi connectivity index (χ3v) is 4.18. The Kier molecular flexibility index (Phi) is 6.59. The standard InChI is InChI=1S/C18H27N3O2/c1-3-19-17(22)14-20-9-11-21(12-10-20)18(23)8-7-16-6-4-5-15(2)13-16/h4-6,13H,3,7-12,14H2,1-2H3,(H,19,22). The summed E-state index contributed by atoms with van der Waals surface area (Å²) < 4.78 is 0. The van der Waals surface area contributed by atoms with Crippen molar-refractivity contribution in [2.45, 2.75) is 26.7 Å². The largest absolute Gasteiger partial charge is 0.355 e. The minimum Gasteiger partial charge on any atom is -0.355 e. The summed E-state index contributed by atoms with van der Waals surface area (Å²) in [4.78, 5) is 27.9. The molecule has 1 heterocycles. The van der Waals surface area contributed by atoms with E-state index < -0.39 is 0 Å². The van der Waals surface area contributed by atoms with Gasteiger partial charge in [0.15, 0.2) is 0 Å². The Hall–Kier alpha value is -1.88. The van der Waals surface area contributed by atoms with Gasteiger partial charge in [-0.1, -0.05) is 29.8 Å². The highest BCUT2D eigenvalue weighted by Crippen LogP contribution is 2.09. The molecule has 2 rings (SSSR count). The maximum absolute atomic E-state index is 12.3. The lowest BCUT2D eigenvalue weighted by atomic mass is 10.1. The molecule has 0 aromatic heterocycles. The molecular weight excluding hydrogens is 290 g/mol. The van der Waals surface area contributed by atoms with Crippen LogP contribution in [0.5, 0.6) is 0 Å². The summed E-state index contributed by atoms with van der Waals surface area (Å²) in [5.74, 6) is 0.274. The van der Waals surface area contributed by atoms with Crippen LogP contribution in [0, 0.1) is 6.92 Å². The number of benzene rings is 1. The third-order valence-electron chi connectivity index (χ3n) is 4.18. The topological polar surface area (TPSA) is 52.7 Å². The Morgan fingerprint density at radius 3 is 2.57 bits per heavy atom. The van der Waals surface area contributed by atoms with Gasteiger partial charge in [0.05, 0.1) is 6.54 Å². The molecule has 0 saturated carbocycles. The predicted molar refractivity (Wildman–Crippen MR) is 91.2 cm³/mol. The molecule has 1 N–H and O–H groups in total. The average molecular weight is 317 g/mol. The Bertz CT molecular complexity index is 537. The minimum absolute atomic E-state index is 0.0618. The maximum atomic E-state index is 12.3. The quantitative estimate of drug-likeness (QED) is 0.858. The van der Waals surface area contributed by atoms with Crippen LogP contribution in [-0.2, 0) is 16.0 Å². The van der Waals surface area contributed by atoms with E-state index in [0.717, 1.165) is 19.5 Å². The molecule has 1 aromatic carbocycles. The molecule has 5 heteroatoms. The predicted octanol–water partition coefficient (Wildman–Crippen LogP) is 1.21. The van der Waals surface area contributed by atoms with Gasteiger partial charge in [-0.3, -0.25) is 14.5 Å². The number of nitrogens with zero attached hydrogens (tertiary/aromatic N) is 2. The number of carbonyl (C=O) groups excluding carboxylic acids is 2. The molecule has 126 valence electrons. The van der Waals surface area contributed by atoms with Gasteiger partial charge in [-0.15, -0.1) is 0 Å². The van der Waals surface area contributed by atoms with Crippen molar-refractivity contribution >= 4 is 11.8 Å². The number of nitrogens with one attached hydrogen (secondary N) is 1. The zero-order valence-corrected chi connectivity index (χ0v) is 14.2. The smallest absolute Gasteiger partial charge is 0.234 e. The number of aryl methyl sites for hydroxylation is 2. The van der Waals surface area contributed by atoms with Gasteiger partial charge in [-0.05, 0) is 25.8 Å². The molecule has 0 unspecified atom stereocenters. The summed E-state index contributed by atoms with van der Waals surface area (Å²) in [5, 5.41) is 2.81. The van der Waals surface area contributed by atoms with Crippen molar-refractivity contribution in [3.8, 4) is 0 Å². The zero-order valence-electron chi connectivity index (χ0n) is 14.2. The van der Waals surface area contributed by atoms with Crippen molar-refractivity contribution in [1.29, 1.82) is 0 Å². The zero-order chi connectivity index (χ0) is 16.7. The molecule has 5 nitrogen and oxygen atoms in total. The maximum Gasteiger partial charge on any atom is 0.234 e. The second kappa shape index (κ2) is 8.67. The molecule has 1 saturated heterocycles. The molecule has 23 heavy (non-hydrogen) atoms. The number of hydrogen-bond acceptors (Lipinski definition) is 3. The summed E-state index contributed by atoms with van der Waals surface area (Å²) in [6.45, 7) is 8.05. The average Bonchev–Trinajstić information content (AvgIpc) is 2.53. The summed E-state index contributed by atoms with van der Waals surface area (Å²) >= 11 is 0. The summed E-state index contributed by atoms with van der Waals surface area (Å²) in [5.41, 5.74) is 2.45. The van der Waals surface area contributed by atoms with Crippen molar-refractivity contribution in [2.24, 2.45) is 0 Å². The van der Waals surface area contributed by atoms with Crippen LogP contribution in [0.3, 0.4) is 0 Å². The van der Waals surface area contributed by atoms with E-state index in [-0.39, 0.29) is 11.8 Å². The van der Waals surface area contributed by atoms with Crippen molar-refractivity contribution < 1.29 is 9.59 Å². The highest BCUT2D eigenvalue weighted by Gasteiger charge is 2.21. The fourth-order valence-electron chi connectivity index (χ4n) is 2.89. The van der Waals surface area contributed by atoms with Crippen molar-refractivity contribution in [3.63, 3.8) is 0 Å². The van der Waals surface area contributed by atoms with Gasteiger partial charge in [-0.25, -0.2) is 0 Å². The molecule has 2 amide bonds. The molecule has 1 aliphatic heterocycles.